The third kappa shape index (κ3) is 3.90. The van der Waals surface area contributed by atoms with Crippen molar-refractivity contribution in [1.29, 1.82) is 0 Å². The molecule has 0 radical (unpaired) electrons. The molecule has 84 valence electrons. The van der Waals surface area contributed by atoms with Gasteiger partial charge in [-0.3, -0.25) is 4.79 Å². The second-order valence-electron chi connectivity index (χ2n) is 3.56. The third-order valence-corrected chi connectivity index (χ3v) is 2.23. The van der Waals surface area contributed by atoms with Crippen molar-refractivity contribution in [2.45, 2.75) is 26.3 Å². The predicted molar refractivity (Wildman–Crippen MR) is 62.3 cm³/mol. The van der Waals surface area contributed by atoms with Crippen molar-refractivity contribution in [3.8, 4) is 0 Å². The largest absolute Gasteiger partial charge is 0.481 e. The van der Waals surface area contributed by atoms with Crippen molar-refractivity contribution in [1.82, 2.24) is 0 Å². The van der Waals surface area contributed by atoms with Crippen molar-refractivity contribution in [3.63, 3.8) is 0 Å². The van der Waals surface area contributed by atoms with Gasteiger partial charge in [-0.15, -0.1) is 12.4 Å². The van der Waals surface area contributed by atoms with E-state index in [0.717, 1.165) is 16.7 Å². The molecule has 0 fully saturated rings. The maximum absolute atomic E-state index is 10.5. The van der Waals surface area contributed by atoms with Crippen LogP contribution in [0.3, 0.4) is 0 Å². The third-order valence-electron chi connectivity index (χ3n) is 2.23. The fourth-order valence-corrected chi connectivity index (χ4v) is 1.46. The molecule has 0 bridgehead atoms. The van der Waals surface area contributed by atoms with Crippen LogP contribution in [0.1, 0.15) is 29.2 Å². The van der Waals surface area contributed by atoms with Gasteiger partial charge in [0.2, 0.25) is 0 Å². The molecule has 0 saturated heterocycles. The van der Waals surface area contributed by atoms with Crippen molar-refractivity contribution < 1.29 is 9.90 Å². The van der Waals surface area contributed by atoms with Crippen molar-refractivity contribution in [2.24, 2.45) is 5.73 Å². The lowest BCUT2D eigenvalue weighted by Gasteiger charge is -2.13. The van der Waals surface area contributed by atoms with E-state index in [2.05, 4.69) is 0 Å². The maximum Gasteiger partial charge on any atom is 0.305 e. The topological polar surface area (TPSA) is 63.3 Å². The molecular weight excluding hydrogens is 214 g/mol. The Morgan fingerprint density at radius 3 is 2.60 bits per heavy atom. The highest BCUT2D eigenvalue weighted by molar-refractivity contribution is 5.85. The normalized spacial score (nSPS) is 11.7. The summed E-state index contributed by atoms with van der Waals surface area (Å²) in [6.07, 6.45) is -0.0235. The first-order valence-corrected chi connectivity index (χ1v) is 4.55. The summed E-state index contributed by atoms with van der Waals surface area (Å²) in [5, 5.41) is 8.63. The van der Waals surface area contributed by atoms with E-state index in [1.807, 2.05) is 32.0 Å². The molecule has 15 heavy (non-hydrogen) atoms. The second-order valence-corrected chi connectivity index (χ2v) is 3.56. The summed E-state index contributed by atoms with van der Waals surface area (Å²) in [7, 11) is 0. The molecule has 1 rings (SSSR count). The Bertz CT molecular complexity index is 352. The summed E-state index contributed by atoms with van der Waals surface area (Å²) < 4.78 is 0. The minimum Gasteiger partial charge on any atom is -0.481 e. The van der Waals surface area contributed by atoms with Gasteiger partial charge < -0.3 is 10.8 Å². The van der Waals surface area contributed by atoms with Gasteiger partial charge in [0, 0.05) is 6.04 Å². The highest BCUT2D eigenvalue weighted by Crippen LogP contribution is 2.19. The van der Waals surface area contributed by atoms with Crippen LogP contribution < -0.4 is 5.73 Å². The number of carbonyl (C=O) groups is 1. The van der Waals surface area contributed by atoms with Gasteiger partial charge in [-0.25, -0.2) is 0 Å². The monoisotopic (exact) mass is 229 g/mol. The summed E-state index contributed by atoms with van der Waals surface area (Å²) in [5.74, 6) is -0.863. The molecule has 0 aliphatic carbocycles. The highest BCUT2D eigenvalue weighted by atomic mass is 35.5. The van der Waals surface area contributed by atoms with Crippen LogP contribution in [0.2, 0.25) is 0 Å². The number of hydrogen-bond acceptors (Lipinski definition) is 2. The zero-order chi connectivity index (χ0) is 10.7. The van der Waals surface area contributed by atoms with Crippen LogP contribution in [0.25, 0.3) is 0 Å². The van der Waals surface area contributed by atoms with E-state index in [4.69, 9.17) is 10.8 Å². The smallest absolute Gasteiger partial charge is 0.305 e. The van der Waals surface area contributed by atoms with E-state index >= 15 is 0 Å². The predicted octanol–water partition coefficient (Wildman–Crippen LogP) is 2.20. The Kier molecular flexibility index (Phi) is 5.33. The number of halogens is 1. The molecule has 4 heteroatoms. The summed E-state index contributed by atoms with van der Waals surface area (Å²) in [6.45, 7) is 3.91. The average Bonchev–Trinajstić information content (AvgIpc) is 2.08. The van der Waals surface area contributed by atoms with Crippen LogP contribution in [0, 0.1) is 13.8 Å². The minimum atomic E-state index is -0.863. The van der Waals surface area contributed by atoms with Crippen molar-refractivity contribution >= 4 is 18.4 Å². The molecule has 3 nitrogen and oxygen atoms in total. The summed E-state index contributed by atoms with van der Waals surface area (Å²) in [5.41, 5.74) is 8.86. The van der Waals surface area contributed by atoms with Gasteiger partial charge in [0.15, 0.2) is 0 Å². The fraction of sp³-hybridized carbons (Fsp3) is 0.364. The number of aliphatic carboxylic acids is 1. The van der Waals surface area contributed by atoms with Crippen LogP contribution in [-0.4, -0.2) is 11.1 Å². The van der Waals surface area contributed by atoms with Gasteiger partial charge in [-0.05, 0) is 25.0 Å². The SMILES string of the molecule is Cc1ccc(C)c(C(N)CC(=O)O)c1.Cl. The van der Waals surface area contributed by atoms with E-state index in [1.165, 1.54) is 0 Å². The zero-order valence-electron chi connectivity index (χ0n) is 8.86. The number of rotatable bonds is 3. The van der Waals surface area contributed by atoms with Gasteiger partial charge >= 0.3 is 5.97 Å². The van der Waals surface area contributed by atoms with Crippen LogP contribution in [0.15, 0.2) is 18.2 Å². The molecule has 0 aliphatic rings. The lowest BCUT2D eigenvalue weighted by molar-refractivity contribution is -0.137. The lowest BCUT2D eigenvalue weighted by atomic mass is 9.97. The molecule has 0 aliphatic heterocycles. The first kappa shape index (κ1) is 13.9. The molecular formula is C11H16ClNO2. The van der Waals surface area contributed by atoms with E-state index in [9.17, 15) is 4.79 Å². The Morgan fingerprint density at radius 2 is 2.07 bits per heavy atom. The number of carboxylic acid groups (broad SMARTS) is 1. The van der Waals surface area contributed by atoms with E-state index < -0.39 is 12.0 Å². The zero-order valence-corrected chi connectivity index (χ0v) is 9.67. The van der Waals surface area contributed by atoms with Gasteiger partial charge in [0.1, 0.15) is 0 Å². The average molecular weight is 230 g/mol. The minimum absolute atomic E-state index is 0. The molecule has 0 heterocycles. The van der Waals surface area contributed by atoms with Crippen molar-refractivity contribution in [2.75, 3.05) is 0 Å². The quantitative estimate of drug-likeness (QED) is 0.835. The number of aryl methyl sites for hydroxylation is 2. The van der Waals surface area contributed by atoms with Crippen LogP contribution in [-0.2, 0) is 4.79 Å². The van der Waals surface area contributed by atoms with Crippen LogP contribution >= 0.6 is 12.4 Å². The molecule has 1 atom stereocenters. The van der Waals surface area contributed by atoms with Gasteiger partial charge in [-0.1, -0.05) is 23.8 Å². The van der Waals surface area contributed by atoms with Crippen LogP contribution in [0.5, 0.6) is 0 Å². The van der Waals surface area contributed by atoms with Gasteiger partial charge in [-0.2, -0.15) is 0 Å². The Balaban J connectivity index is 0.00000196. The lowest BCUT2D eigenvalue weighted by Crippen LogP contribution is -2.16. The molecule has 1 aromatic carbocycles. The molecule has 0 aromatic heterocycles. The van der Waals surface area contributed by atoms with E-state index in [-0.39, 0.29) is 18.8 Å². The molecule has 3 N–H and O–H groups in total. The maximum atomic E-state index is 10.5. The fourth-order valence-electron chi connectivity index (χ4n) is 1.46. The highest BCUT2D eigenvalue weighted by Gasteiger charge is 2.12. The second kappa shape index (κ2) is 5.73. The van der Waals surface area contributed by atoms with E-state index in [1.54, 1.807) is 0 Å². The summed E-state index contributed by atoms with van der Waals surface area (Å²) >= 11 is 0. The van der Waals surface area contributed by atoms with Crippen LogP contribution in [0.4, 0.5) is 0 Å². The number of nitrogens with two attached hydrogens (primary N) is 1. The van der Waals surface area contributed by atoms with E-state index in [0.29, 0.717) is 0 Å². The first-order valence-electron chi connectivity index (χ1n) is 4.55. The number of carboxylic acids is 1. The summed E-state index contributed by atoms with van der Waals surface area (Å²) in [4.78, 5) is 10.5. The Hall–Kier alpha value is -1.06. The number of hydrogen-bond donors (Lipinski definition) is 2. The van der Waals surface area contributed by atoms with Gasteiger partial charge in [0.25, 0.3) is 0 Å². The van der Waals surface area contributed by atoms with Gasteiger partial charge in [0.05, 0.1) is 6.42 Å². The summed E-state index contributed by atoms with van der Waals surface area (Å²) in [6, 6.07) is 5.49. The molecule has 0 spiro atoms. The standard InChI is InChI=1S/C11H15NO2.ClH/c1-7-3-4-8(2)9(5-7)10(12)6-11(13)14;/h3-5,10H,6,12H2,1-2H3,(H,13,14);1H. The molecule has 1 unspecified atom stereocenters. The molecule has 1 aromatic rings. The Labute approximate surface area is 95.7 Å². The van der Waals surface area contributed by atoms with Crippen molar-refractivity contribution in [3.05, 3.63) is 34.9 Å². The first-order chi connectivity index (χ1) is 6.50. The molecule has 0 saturated carbocycles. The Morgan fingerprint density at radius 1 is 1.47 bits per heavy atom. The number of benzene rings is 1. The molecule has 0 amide bonds.